The van der Waals surface area contributed by atoms with E-state index in [4.69, 9.17) is 4.74 Å². The molecule has 6 nitrogen and oxygen atoms in total. The van der Waals surface area contributed by atoms with Gasteiger partial charge < -0.3 is 20.1 Å². The molecule has 0 aliphatic carbocycles. The monoisotopic (exact) mass is 346 g/mol. The highest BCUT2D eigenvalue weighted by atomic mass is 16.5. The maximum atomic E-state index is 12.9. The molecule has 3 rings (SSSR count). The van der Waals surface area contributed by atoms with E-state index in [1.54, 1.807) is 12.1 Å². The van der Waals surface area contributed by atoms with Crippen LogP contribution in [0.2, 0.25) is 0 Å². The number of carbonyl (C=O) groups is 2. The minimum Gasteiger partial charge on any atom is -0.478 e. The number of carbonyl (C=O) groups excluding carboxylic acids is 1. The van der Waals surface area contributed by atoms with Crippen molar-refractivity contribution in [1.82, 2.24) is 10.2 Å². The lowest BCUT2D eigenvalue weighted by Crippen LogP contribution is -2.58. The Balaban J connectivity index is 1.68. The van der Waals surface area contributed by atoms with Crippen LogP contribution in [0.25, 0.3) is 0 Å². The maximum Gasteiger partial charge on any atom is 0.348 e. The lowest BCUT2D eigenvalue weighted by molar-refractivity contribution is -0.163. The second-order valence-electron chi connectivity index (χ2n) is 7.35. The number of benzene rings is 1. The van der Waals surface area contributed by atoms with Gasteiger partial charge in [0.1, 0.15) is 5.75 Å². The summed E-state index contributed by atoms with van der Waals surface area (Å²) in [5, 5.41) is 13.0. The molecule has 0 aromatic heterocycles. The number of nitrogens with one attached hydrogen (secondary N) is 1. The van der Waals surface area contributed by atoms with Gasteiger partial charge in [-0.1, -0.05) is 18.2 Å². The van der Waals surface area contributed by atoms with Crippen molar-refractivity contribution in [3.05, 3.63) is 30.3 Å². The average molecular weight is 346 g/mol. The van der Waals surface area contributed by atoms with Crippen LogP contribution in [0.1, 0.15) is 32.6 Å². The van der Waals surface area contributed by atoms with E-state index >= 15 is 0 Å². The highest BCUT2D eigenvalue weighted by molar-refractivity contribution is 5.84. The molecule has 0 spiro atoms. The first-order valence-electron chi connectivity index (χ1n) is 8.93. The minimum atomic E-state index is -1.26. The van der Waals surface area contributed by atoms with Crippen LogP contribution in [-0.2, 0) is 9.59 Å². The summed E-state index contributed by atoms with van der Waals surface area (Å²) in [6.45, 7) is 4.46. The Hall–Kier alpha value is -2.08. The topological polar surface area (TPSA) is 78.9 Å². The maximum absolute atomic E-state index is 12.9. The lowest BCUT2D eigenvalue weighted by atomic mass is 9.80. The van der Waals surface area contributed by atoms with Crippen LogP contribution in [0, 0.1) is 5.41 Å². The van der Waals surface area contributed by atoms with E-state index < -0.39 is 11.6 Å². The van der Waals surface area contributed by atoms with Crippen molar-refractivity contribution >= 4 is 11.9 Å². The molecule has 136 valence electrons. The van der Waals surface area contributed by atoms with Crippen molar-refractivity contribution in [2.45, 2.75) is 38.2 Å². The quantitative estimate of drug-likeness (QED) is 0.871. The van der Waals surface area contributed by atoms with E-state index in [0.717, 1.165) is 19.4 Å². The lowest BCUT2D eigenvalue weighted by Gasteiger charge is -2.43. The van der Waals surface area contributed by atoms with Crippen molar-refractivity contribution in [3.8, 4) is 5.75 Å². The molecule has 0 bridgehead atoms. The van der Waals surface area contributed by atoms with Crippen molar-refractivity contribution in [1.29, 1.82) is 0 Å². The fraction of sp³-hybridized carbons (Fsp3) is 0.579. The second-order valence-corrected chi connectivity index (χ2v) is 7.35. The molecular formula is C19H26N2O4. The zero-order chi connectivity index (χ0) is 17.9. The number of carboxylic acids is 1. The Morgan fingerprint density at radius 3 is 2.40 bits per heavy atom. The standard InChI is InChI=1S/C19H26N2O4/c1-18(8-5-11-20-14-18)16(22)21-12-9-19(10-13-21,17(23)24)25-15-6-3-2-4-7-15/h2-4,6-7,20H,5,8-14H2,1H3,(H,23,24). The highest BCUT2D eigenvalue weighted by Crippen LogP contribution is 2.33. The predicted octanol–water partition coefficient (Wildman–Crippen LogP) is 1.90. The number of likely N-dealkylation sites (tertiary alicyclic amines) is 1. The number of hydrogen-bond acceptors (Lipinski definition) is 4. The van der Waals surface area contributed by atoms with Gasteiger partial charge in [-0.3, -0.25) is 4.79 Å². The number of aliphatic carboxylic acids is 1. The highest BCUT2D eigenvalue weighted by Gasteiger charge is 2.47. The molecule has 0 saturated carbocycles. The summed E-state index contributed by atoms with van der Waals surface area (Å²) >= 11 is 0. The van der Waals surface area contributed by atoms with E-state index in [2.05, 4.69) is 5.32 Å². The number of para-hydroxylation sites is 1. The van der Waals surface area contributed by atoms with Crippen LogP contribution >= 0.6 is 0 Å². The molecule has 6 heteroatoms. The Morgan fingerprint density at radius 1 is 1.16 bits per heavy atom. The number of amides is 1. The molecule has 2 N–H and O–H groups in total. The Labute approximate surface area is 148 Å². The number of rotatable bonds is 4. The number of carboxylic acid groups (broad SMARTS) is 1. The molecule has 1 aromatic carbocycles. The average Bonchev–Trinajstić information content (AvgIpc) is 2.63. The van der Waals surface area contributed by atoms with E-state index in [-0.39, 0.29) is 11.3 Å². The van der Waals surface area contributed by atoms with Crippen molar-refractivity contribution in [2.75, 3.05) is 26.2 Å². The molecule has 2 aliphatic heterocycles. The van der Waals surface area contributed by atoms with Gasteiger partial charge in [0, 0.05) is 32.5 Å². The number of nitrogens with zero attached hydrogens (tertiary/aromatic N) is 1. The third-order valence-electron chi connectivity index (χ3n) is 5.42. The van der Waals surface area contributed by atoms with Crippen LogP contribution in [0.4, 0.5) is 0 Å². The van der Waals surface area contributed by atoms with Crippen LogP contribution in [0.3, 0.4) is 0 Å². The summed E-state index contributed by atoms with van der Waals surface area (Å²) in [5.41, 5.74) is -1.65. The predicted molar refractivity (Wildman–Crippen MR) is 93.5 cm³/mol. The molecule has 25 heavy (non-hydrogen) atoms. The molecule has 1 aromatic rings. The molecule has 1 atom stereocenters. The van der Waals surface area contributed by atoms with E-state index in [0.29, 0.717) is 38.2 Å². The van der Waals surface area contributed by atoms with Crippen molar-refractivity contribution in [3.63, 3.8) is 0 Å². The first kappa shape index (κ1) is 17.7. The summed E-state index contributed by atoms with van der Waals surface area (Å²) in [7, 11) is 0. The zero-order valence-electron chi connectivity index (χ0n) is 14.7. The van der Waals surface area contributed by atoms with Gasteiger partial charge >= 0.3 is 5.97 Å². The molecule has 0 radical (unpaired) electrons. The van der Waals surface area contributed by atoms with Crippen LogP contribution in [-0.4, -0.2) is 53.7 Å². The third-order valence-corrected chi connectivity index (χ3v) is 5.42. The summed E-state index contributed by atoms with van der Waals surface area (Å²) < 4.78 is 5.85. The molecule has 2 aliphatic rings. The molecule has 2 heterocycles. The third kappa shape index (κ3) is 3.63. The van der Waals surface area contributed by atoms with Gasteiger partial charge in [-0.05, 0) is 38.4 Å². The van der Waals surface area contributed by atoms with Gasteiger partial charge in [0.25, 0.3) is 0 Å². The number of ether oxygens (including phenoxy) is 1. The van der Waals surface area contributed by atoms with Crippen LogP contribution in [0.15, 0.2) is 30.3 Å². The molecular weight excluding hydrogens is 320 g/mol. The first-order valence-corrected chi connectivity index (χ1v) is 8.93. The van der Waals surface area contributed by atoms with Crippen LogP contribution < -0.4 is 10.1 Å². The smallest absolute Gasteiger partial charge is 0.348 e. The van der Waals surface area contributed by atoms with Gasteiger partial charge in [0.15, 0.2) is 0 Å². The Kier molecular flexibility index (Phi) is 4.99. The first-order chi connectivity index (χ1) is 12.0. The van der Waals surface area contributed by atoms with Gasteiger partial charge in [0.2, 0.25) is 11.5 Å². The van der Waals surface area contributed by atoms with E-state index in [9.17, 15) is 14.7 Å². The summed E-state index contributed by atoms with van der Waals surface area (Å²) in [6, 6.07) is 9.02. The molecule has 1 amide bonds. The van der Waals surface area contributed by atoms with Crippen molar-refractivity contribution < 1.29 is 19.4 Å². The molecule has 2 fully saturated rings. The summed E-state index contributed by atoms with van der Waals surface area (Å²) in [4.78, 5) is 26.6. The van der Waals surface area contributed by atoms with Gasteiger partial charge in [-0.25, -0.2) is 4.79 Å². The van der Waals surface area contributed by atoms with Gasteiger partial charge in [-0.15, -0.1) is 0 Å². The molecule has 1 unspecified atom stereocenters. The largest absolute Gasteiger partial charge is 0.478 e. The zero-order valence-corrected chi connectivity index (χ0v) is 14.7. The van der Waals surface area contributed by atoms with Gasteiger partial charge in [-0.2, -0.15) is 0 Å². The van der Waals surface area contributed by atoms with Crippen LogP contribution in [0.5, 0.6) is 5.75 Å². The summed E-state index contributed by atoms with van der Waals surface area (Å²) in [6.07, 6.45) is 2.46. The fourth-order valence-electron chi connectivity index (χ4n) is 3.77. The normalized spacial score (nSPS) is 26.0. The van der Waals surface area contributed by atoms with E-state index in [1.807, 2.05) is 30.0 Å². The Bertz CT molecular complexity index is 618. The van der Waals surface area contributed by atoms with Gasteiger partial charge in [0.05, 0.1) is 5.41 Å². The Morgan fingerprint density at radius 2 is 1.84 bits per heavy atom. The number of hydrogen-bond donors (Lipinski definition) is 2. The SMILES string of the molecule is CC1(C(=O)N2CCC(Oc3ccccc3)(C(=O)O)CC2)CCCNC1. The molecule has 2 saturated heterocycles. The second kappa shape index (κ2) is 7.04. The van der Waals surface area contributed by atoms with E-state index in [1.165, 1.54) is 0 Å². The summed E-state index contributed by atoms with van der Waals surface area (Å²) in [5.74, 6) is -0.291. The number of piperidine rings is 2. The van der Waals surface area contributed by atoms with Crippen molar-refractivity contribution in [2.24, 2.45) is 5.41 Å². The minimum absolute atomic E-state index is 0.124. The fourth-order valence-corrected chi connectivity index (χ4v) is 3.77.